The van der Waals surface area contributed by atoms with Crippen molar-refractivity contribution in [3.63, 3.8) is 0 Å². The van der Waals surface area contributed by atoms with Crippen molar-refractivity contribution in [3.05, 3.63) is 0 Å². The van der Waals surface area contributed by atoms with Crippen LogP contribution in [0.15, 0.2) is 0 Å². The van der Waals surface area contributed by atoms with Gasteiger partial charge in [0.2, 0.25) is 0 Å². The lowest BCUT2D eigenvalue weighted by atomic mass is 10.1. The first kappa shape index (κ1) is 11.5. The van der Waals surface area contributed by atoms with Crippen LogP contribution in [0.5, 0.6) is 0 Å². The predicted octanol–water partition coefficient (Wildman–Crippen LogP) is -1.79. The molecule has 14 heavy (non-hydrogen) atoms. The van der Waals surface area contributed by atoms with Gasteiger partial charge in [0.25, 0.3) is 0 Å². The minimum atomic E-state index is -1.09. The minimum Gasteiger partial charge on any atom is -0.547 e. The molecule has 4 nitrogen and oxygen atoms in total. The molecule has 1 saturated heterocycles. The monoisotopic (exact) mass is 201 g/mol. The zero-order chi connectivity index (χ0) is 10.6. The van der Waals surface area contributed by atoms with Gasteiger partial charge in [-0.3, -0.25) is 0 Å². The fourth-order valence-electron chi connectivity index (χ4n) is 1.89. The molecule has 3 atom stereocenters. The Hall–Kier alpha value is -0.610. The summed E-state index contributed by atoms with van der Waals surface area (Å²) in [5, 5.41) is 10.6. The number of nitrogens with one attached hydrogen (secondary N) is 1. The lowest BCUT2D eigenvalue weighted by Crippen LogP contribution is -3.11. The molecule has 1 aliphatic heterocycles. The first-order valence-electron chi connectivity index (χ1n) is 5.31. The smallest absolute Gasteiger partial charge is 0.107 e. The lowest BCUT2D eigenvalue weighted by molar-refractivity contribution is -0.888. The molecular weight excluding hydrogens is 182 g/mol. The van der Waals surface area contributed by atoms with Gasteiger partial charge in [0.15, 0.2) is 0 Å². The summed E-state index contributed by atoms with van der Waals surface area (Å²) >= 11 is 0. The van der Waals surface area contributed by atoms with Crippen LogP contribution >= 0.6 is 0 Å². The van der Waals surface area contributed by atoms with Gasteiger partial charge in [-0.05, 0) is 19.3 Å². The summed E-state index contributed by atoms with van der Waals surface area (Å²) in [5.41, 5.74) is 0. The molecule has 4 heteroatoms. The van der Waals surface area contributed by atoms with E-state index in [1.807, 2.05) is 0 Å². The van der Waals surface area contributed by atoms with E-state index < -0.39 is 12.1 Å². The number of carboxylic acid groups (broad SMARTS) is 1. The van der Waals surface area contributed by atoms with E-state index in [0.29, 0.717) is 6.42 Å². The van der Waals surface area contributed by atoms with Gasteiger partial charge in [-0.2, -0.15) is 0 Å². The number of quaternary nitrogens is 1. The van der Waals surface area contributed by atoms with E-state index in [2.05, 4.69) is 7.05 Å². The number of carbonyl (C=O) groups is 1. The highest BCUT2D eigenvalue weighted by molar-refractivity contribution is 5.69. The van der Waals surface area contributed by atoms with Gasteiger partial charge in [-0.1, -0.05) is 6.92 Å². The summed E-state index contributed by atoms with van der Waals surface area (Å²) in [7, 11) is 2.11. The summed E-state index contributed by atoms with van der Waals surface area (Å²) < 4.78 is 5.49. The molecule has 1 aliphatic rings. The highest BCUT2D eigenvalue weighted by Gasteiger charge is 2.23. The standard InChI is InChI=1S/C10H19NO3/c1-3-9(10(12)13)14-8-5-4-6-11(2)7-8/h8-9H,3-7H2,1-2H3,(H,12,13)/t8-,9-/m0/s1. The molecule has 0 saturated carbocycles. The Labute approximate surface area is 84.8 Å². The molecule has 1 fully saturated rings. The second kappa shape index (κ2) is 5.32. The van der Waals surface area contributed by atoms with Crippen LogP contribution in [0.4, 0.5) is 0 Å². The molecule has 0 aromatic rings. The van der Waals surface area contributed by atoms with Crippen LogP contribution in [-0.2, 0) is 9.53 Å². The molecule has 1 N–H and O–H groups in total. The topological polar surface area (TPSA) is 53.8 Å². The van der Waals surface area contributed by atoms with E-state index in [1.54, 1.807) is 6.92 Å². The Morgan fingerprint density at radius 2 is 2.43 bits per heavy atom. The van der Waals surface area contributed by atoms with E-state index in [9.17, 15) is 9.90 Å². The second-order valence-corrected chi connectivity index (χ2v) is 4.03. The van der Waals surface area contributed by atoms with Crippen LogP contribution in [-0.4, -0.2) is 38.3 Å². The third-order valence-corrected chi connectivity index (χ3v) is 2.70. The molecule has 0 radical (unpaired) electrons. The van der Waals surface area contributed by atoms with Gasteiger partial charge in [0.1, 0.15) is 12.6 Å². The number of likely N-dealkylation sites (tertiary alicyclic amines) is 1. The van der Waals surface area contributed by atoms with Crippen LogP contribution < -0.4 is 10.0 Å². The number of carboxylic acids is 1. The molecule has 1 rings (SSSR count). The number of carbonyl (C=O) groups excluding carboxylic acids is 1. The number of rotatable bonds is 4. The summed E-state index contributed by atoms with van der Waals surface area (Å²) in [6.07, 6.45) is 1.93. The normalized spacial score (nSPS) is 29.9. The van der Waals surface area contributed by atoms with Gasteiger partial charge in [0.05, 0.1) is 25.7 Å². The molecule has 0 spiro atoms. The summed E-state index contributed by atoms with van der Waals surface area (Å²) in [6, 6.07) is 0. The molecular formula is C10H19NO3. The fraction of sp³-hybridized carbons (Fsp3) is 0.900. The summed E-state index contributed by atoms with van der Waals surface area (Å²) in [4.78, 5) is 12.1. The highest BCUT2D eigenvalue weighted by Crippen LogP contribution is 2.08. The molecule has 0 aliphatic carbocycles. The first-order valence-corrected chi connectivity index (χ1v) is 5.31. The zero-order valence-corrected chi connectivity index (χ0v) is 8.91. The van der Waals surface area contributed by atoms with Crippen LogP contribution in [0.2, 0.25) is 0 Å². The maximum absolute atomic E-state index is 10.6. The Morgan fingerprint density at radius 1 is 1.71 bits per heavy atom. The molecule has 82 valence electrons. The summed E-state index contributed by atoms with van der Waals surface area (Å²) in [5.74, 6) is -1.09. The Kier molecular flexibility index (Phi) is 4.35. The maximum Gasteiger partial charge on any atom is 0.107 e. The van der Waals surface area contributed by atoms with Gasteiger partial charge in [-0.15, -0.1) is 0 Å². The predicted molar refractivity (Wildman–Crippen MR) is 49.8 cm³/mol. The van der Waals surface area contributed by atoms with Crippen molar-refractivity contribution in [1.29, 1.82) is 0 Å². The number of aliphatic carboxylic acids is 1. The minimum absolute atomic E-state index is 0.0894. The molecule has 0 amide bonds. The number of ether oxygens (including phenoxy) is 1. The van der Waals surface area contributed by atoms with Gasteiger partial charge >= 0.3 is 0 Å². The SMILES string of the molecule is CC[C@H](O[C@H]1CCC[NH+](C)C1)C(=O)[O-]. The second-order valence-electron chi connectivity index (χ2n) is 4.03. The van der Waals surface area contributed by atoms with Crippen molar-refractivity contribution < 1.29 is 19.5 Å². The average molecular weight is 201 g/mol. The maximum atomic E-state index is 10.6. The molecule has 0 aromatic carbocycles. The molecule has 0 aromatic heterocycles. The fourth-order valence-corrected chi connectivity index (χ4v) is 1.89. The van der Waals surface area contributed by atoms with E-state index >= 15 is 0 Å². The van der Waals surface area contributed by atoms with E-state index in [0.717, 1.165) is 25.9 Å². The quantitative estimate of drug-likeness (QED) is 0.584. The van der Waals surface area contributed by atoms with Crippen molar-refractivity contribution in [2.45, 2.75) is 38.4 Å². The average Bonchev–Trinajstić information content (AvgIpc) is 2.14. The third kappa shape index (κ3) is 3.27. The van der Waals surface area contributed by atoms with Crippen molar-refractivity contribution in [2.75, 3.05) is 20.1 Å². The number of piperidine rings is 1. The van der Waals surface area contributed by atoms with Crippen LogP contribution in [0.3, 0.4) is 0 Å². The third-order valence-electron chi connectivity index (χ3n) is 2.70. The molecule has 1 heterocycles. The van der Waals surface area contributed by atoms with Crippen molar-refractivity contribution in [2.24, 2.45) is 0 Å². The summed E-state index contributed by atoms with van der Waals surface area (Å²) in [6.45, 7) is 3.87. The lowest BCUT2D eigenvalue weighted by Gasteiger charge is -2.30. The number of hydrogen-bond acceptors (Lipinski definition) is 3. The number of hydrogen-bond donors (Lipinski definition) is 1. The molecule has 1 unspecified atom stereocenters. The Balaban J connectivity index is 2.37. The van der Waals surface area contributed by atoms with E-state index in [-0.39, 0.29) is 6.10 Å². The van der Waals surface area contributed by atoms with Gasteiger partial charge < -0.3 is 19.5 Å². The van der Waals surface area contributed by atoms with Crippen molar-refractivity contribution in [3.8, 4) is 0 Å². The van der Waals surface area contributed by atoms with Crippen LogP contribution in [0.1, 0.15) is 26.2 Å². The van der Waals surface area contributed by atoms with Crippen molar-refractivity contribution in [1.82, 2.24) is 0 Å². The number of likely N-dealkylation sites (N-methyl/N-ethyl adjacent to an activating group) is 1. The Morgan fingerprint density at radius 3 is 2.93 bits per heavy atom. The Bertz CT molecular complexity index is 196. The first-order chi connectivity index (χ1) is 6.63. The molecule has 0 bridgehead atoms. The van der Waals surface area contributed by atoms with Crippen molar-refractivity contribution >= 4 is 5.97 Å². The van der Waals surface area contributed by atoms with E-state index in [4.69, 9.17) is 4.74 Å². The highest BCUT2D eigenvalue weighted by atomic mass is 16.5. The van der Waals surface area contributed by atoms with Crippen LogP contribution in [0, 0.1) is 0 Å². The largest absolute Gasteiger partial charge is 0.547 e. The van der Waals surface area contributed by atoms with E-state index in [1.165, 1.54) is 4.90 Å². The van der Waals surface area contributed by atoms with Gasteiger partial charge in [-0.25, -0.2) is 0 Å². The van der Waals surface area contributed by atoms with Gasteiger partial charge in [0, 0.05) is 0 Å². The van der Waals surface area contributed by atoms with Crippen LogP contribution in [0.25, 0.3) is 0 Å². The zero-order valence-electron chi connectivity index (χ0n) is 8.91.